The Labute approximate surface area is 229 Å². The molecule has 1 aliphatic heterocycles. The molecule has 38 heavy (non-hydrogen) atoms. The van der Waals surface area contributed by atoms with Crippen molar-refractivity contribution in [3.8, 4) is 17.2 Å². The lowest BCUT2D eigenvalue weighted by Gasteiger charge is -2.30. The number of hydrogen-bond acceptors (Lipinski definition) is 8. The molecule has 1 N–H and O–H groups in total. The number of carbonyl (C=O) groups excluding carboxylic acids is 1. The van der Waals surface area contributed by atoms with Gasteiger partial charge in [0.25, 0.3) is 0 Å². The van der Waals surface area contributed by atoms with Crippen molar-refractivity contribution in [2.75, 3.05) is 25.5 Å². The Morgan fingerprint density at radius 1 is 1.11 bits per heavy atom. The van der Waals surface area contributed by atoms with E-state index in [0.29, 0.717) is 28.4 Å². The Bertz CT molecular complexity index is 1410. The van der Waals surface area contributed by atoms with Gasteiger partial charge in [-0.25, -0.2) is 14.4 Å². The second-order valence-electron chi connectivity index (χ2n) is 8.84. The molecule has 4 aromatic rings. The van der Waals surface area contributed by atoms with Gasteiger partial charge in [-0.15, -0.1) is 11.3 Å². The van der Waals surface area contributed by atoms with Gasteiger partial charge in [0.15, 0.2) is 16.7 Å². The number of nitrogens with one attached hydrogen (secondary N) is 1. The average Bonchev–Trinajstić information content (AvgIpc) is 3.40. The number of halogens is 1. The third kappa shape index (κ3) is 6.43. The van der Waals surface area contributed by atoms with Gasteiger partial charge in [0.1, 0.15) is 17.3 Å². The number of nitrogens with zero attached hydrogens (tertiary/aromatic N) is 3. The number of rotatable bonds is 8. The molecule has 0 atom stereocenters. The first-order valence-corrected chi connectivity index (χ1v) is 13.9. The maximum atomic E-state index is 13.5. The van der Waals surface area contributed by atoms with E-state index in [2.05, 4.69) is 15.7 Å². The van der Waals surface area contributed by atoms with Crippen molar-refractivity contribution < 1.29 is 18.7 Å². The molecule has 0 spiro atoms. The number of ether oxygens (including phenoxy) is 2. The van der Waals surface area contributed by atoms with Gasteiger partial charge in [-0.3, -0.25) is 4.79 Å². The molecule has 0 radical (unpaired) electrons. The van der Waals surface area contributed by atoms with Gasteiger partial charge >= 0.3 is 0 Å². The second-order valence-corrected chi connectivity index (χ2v) is 10.8. The largest absolute Gasteiger partial charge is 0.497 e. The number of benzene rings is 2. The van der Waals surface area contributed by atoms with Gasteiger partial charge in [0, 0.05) is 53.4 Å². The van der Waals surface area contributed by atoms with Crippen LogP contribution < -0.4 is 14.8 Å². The summed E-state index contributed by atoms with van der Waals surface area (Å²) in [5.74, 6) is 2.39. The predicted octanol–water partition coefficient (Wildman–Crippen LogP) is 7.10. The number of hydrogen-bond donors (Lipinski definition) is 1. The van der Waals surface area contributed by atoms with E-state index < -0.39 is 0 Å². The van der Waals surface area contributed by atoms with Crippen LogP contribution in [0.25, 0.3) is 0 Å². The fourth-order valence-electron chi connectivity index (χ4n) is 4.21. The van der Waals surface area contributed by atoms with Crippen LogP contribution >= 0.6 is 23.1 Å². The minimum Gasteiger partial charge on any atom is -0.497 e. The van der Waals surface area contributed by atoms with E-state index in [4.69, 9.17) is 14.5 Å². The van der Waals surface area contributed by atoms with Crippen LogP contribution in [0.5, 0.6) is 17.2 Å². The third-order valence-corrected chi connectivity index (χ3v) is 7.98. The quantitative estimate of drug-likeness (QED) is 0.251. The molecular formula is C28H27FN4O3S2. The maximum Gasteiger partial charge on any atom is 0.219 e. The summed E-state index contributed by atoms with van der Waals surface area (Å²) in [6.45, 7) is 3.12. The Hall–Kier alpha value is -3.63. The molecular weight excluding hydrogens is 523 g/mol. The van der Waals surface area contributed by atoms with Crippen LogP contribution in [0.1, 0.15) is 31.4 Å². The number of aromatic nitrogens is 2. The number of methoxy groups -OCH3 is 1. The lowest BCUT2D eigenvalue weighted by atomic mass is 9.94. The van der Waals surface area contributed by atoms with Gasteiger partial charge in [-0.2, -0.15) is 0 Å². The topological polar surface area (TPSA) is 76.6 Å². The highest BCUT2D eigenvalue weighted by Gasteiger charge is 2.24. The summed E-state index contributed by atoms with van der Waals surface area (Å²) in [7, 11) is 1.64. The summed E-state index contributed by atoms with van der Waals surface area (Å²) in [6.07, 6.45) is 3.57. The summed E-state index contributed by atoms with van der Waals surface area (Å²) in [4.78, 5) is 24.8. The van der Waals surface area contributed by atoms with E-state index in [9.17, 15) is 9.18 Å². The molecule has 196 valence electrons. The molecule has 2 aromatic heterocycles. The Morgan fingerprint density at radius 2 is 1.89 bits per heavy atom. The van der Waals surface area contributed by atoms with E-state index in [0.717, 1.165) is 47.2 Å². The summed E-state index contributed by atoms with van der Waals surface area (Å²) in [5.41, 5.74) is 1.02. The van der Waals surface area contributed by atoms with Crippen LogP contribution in [0.2, 0.25) is 0 Å². The lowest BCUT2D eigenvalue weighted by Crippen LogP contribution is -2.36. The van der Waals surface area contributed by atoms with Gasteiger partial charge in [0.05, 0.1) is 12.8 Å². The fourth-order valence-corrected chi connectivity index (χ4v) is 5.86. The Morgan fingerprint density at radius 3 is 2.63 bits per heavy atom. The molecule has 1 amide bonds. The van der Waals surface area contributed by atoms with E-state index in [1.165, 1.54) is 35.2 Å². The second kappa shape index (κ2) is 11.8. The van der Waals surface area contributed by atoms with Gasteiger partial charge < -0.3 is 19.7 Å². The molecule has 10 heteroatoms. The molecule has 0 bridgehead atoms. The fraction of sp³-hybridized carbons (Fsp3) is 0.250. The number of amides is 1. The minimum atomic E-state index is -0.333. The molecule has 1 aliphatic rings. The molecule has 0 aliphatic carbocycles. The first-order chi connectivity index (χ1) is 18.5. The zero-order valence-corrected chi connectivity index (χ0v) is 22.7. The molecule has 2 aromatic carbocycles. The predicted molar refractivity (Wildman–Crippen MR) is 147 cm³/mol. The van der Waals surface area contributed by atoms with Crippen molar-refractivity contribution in [2.24, 2.45) is 0 Å². The first-order valence-electron chi connectivity index (χ1n) is 12.2. The number of pyridine rings is 1. The molecule has 3 heterocycles. The van der Waals surface area contributed by atoms with Gasteiger partial charge in [-0.05, 0) is 55.3 Å². The zero-order valence-electron chi connectivity index (χ0n) is 21.0. The van der Waals surface area contributed by atoms with Crippen LogP contribution in [0, 0.1) is 5.82 Å². The van der Waals surface area contributed by atoms with E-state index in [1.54, 1.807) is 32.4 Å². The van der Waals surface area contributed by atoms with Crippen LogP contribution in [0.15, 0.2) is 76.0 Å². The van der Waals surface area contributed by atoms with Crippen LogP contribution in [0.3, 0.4) is 0 Å². The van der Waals surface area contributed by atoms with Crippen LogP contribution in [-0.4, -0.2) is 41.0 Å². The molecule has 5 rings (SSSR count). The zero-order chi connectivity index (χ0) is 26.5. The van der Waals surface area contributed by atoms with E-state index in [-0.39, 0.29) is 11.7 Å². The summed E-state index contributed by atoms with van der Waals surface area (Å²) in [5, 5.41) is 6.07. The third-order valence-electron chi connectivity index (χ3n) is 6.25. The Balaban J connectivity index is 1.36. The van der Waals surface area contributed by atoms with E-state index >= 15 is 0 Å². The number of carbonyl (C=O) groups is 1. The molecule has 0 saturated carbocycles. The molecule has 7 nitrogen and oxygen atoms in total. The standard InChI is InChI=1S/C28H27FN4O3S2/c1-18(34)33-12-10-19(11-13-33)25-17-37-28(31-25)32-27-26(36-21-8-6-20(29)7-9-21)15-24(16-30-27)38-23-5-3-4-22(14-23)35-2/h3-9,14-17,19H,10-13H2,1-2H3,(H,30,31,32). The summed E-state index contributed by atoms with van der Waals surface area (Å²) in [6, 6.07) is 15.6. The SMILES string of the molecule is COc1cccc(Sc2cnc(Nc3nc(C4CCN(C(C)=O)CC4)cs3)c(Oc3ccc(F)cc3)c2)c1. The van der Waals surface area contributed by atoms with Crippen molar-refractivity contribution in [1.82, 2.24) is 14.9 Å². The van der Waals surface area contributed by atoms with E-state index in [1.807, 2.05) is 35.2 Å². The van der Waals surface area contributed by atoms with Crippen LogP contribution in [-0.2, 0) is 4.79 Å². The normalized spacial score (nSPS) is 13.8. The molecule has 1 fully saturated rings. The lowest BCUT2D eigenvalue weighted by molar-refractivity contribution is -0.129. The number of likely N-dealkylation sites (tertiary alicyclic amines) is 1. The monoisotopic (exact) mass is 550 g/mol. The molecule has 1 saturated heterocycles. The van der Waals surface area contributed by atoms with Gasteiger partial charge in [-0.1, -0.05) is 17.8 Å². The highest BCUT2D eigenvalue weighted by Crippen LogP contribution is 2.38. The highest BCUT2D eigenvalue weighted by molar-refractivity contribution is 7.99. The van der Waals surface area contributed by atoms with Crippen molar-refractivity contribution >= 4 is 40.0 Å². The van der Waals surface area contributed by atoms with Crippen molar-refractivity contribution in [3.63, 3.8) is 0 Å². The van der Waals surface area contributed by atoms with Gasteiger partial charge in [0.2, 0.25) is 5.91 Å². The number of anilines is 2. The van der Waals surface area contributed by atoms with Crippen LogP contribution in [0.4, 0.5) is 15.3 Å². The van der Waals surface area contributed by atoms with Crippen molar-refractivity contribution in [1.29, 1.82) is 0 Å². The highest BCUT2D eigenvalue weighted by atomic mass is 32.2. The summed E-state index contributed by atoms with van der Waals surface area (Å²) < 4.78 is 24.9. The van der Waals surface area contributed by atoms with Crippen molar-refractivity contribution in [2.45, 2.75) is 35.5 Å². The van der Waals surface area contributed by atoms with Crippen molar-refractivity contribution in [3.05, 3.63) is 77.7 Å². The average molecular weight is 551 g/mol. The smallest absolute Gasteiger partial charge is 0.219 e. The molecule has 0 unspecified atom stereocenters. The maximum absolute atomic E-state index is 13.5. The number of thiazole rings is 1. The first kappa shape index (κ1) is 26.0. The minimum absolute atomic E-state index is 0.122. The summed E-state index contributed by atoms with van der Waals surface area (Å²) >= 11 is 3.04. The number of piperidine rings is 1. The Kier molecular flexibility index (Phi) is 8.09.